The Balaban J connectivity index is 1.91. The SMILES string of the molecule is Cc1nn(C)c(C)c1CC(=O)N1CCC(CCC(=O)O)C1. The number of carbonyl (C=O) groups excluding carboxylic acids is 1. The summed E-state index contributed by atoms with van der Waals surface area (Å²) in [5, 5.41) is 13.1. The molecule has 1 atom stereocenters. The molecule has 21 heavy (non-hydrogen) atoms. The molecular formula is C15H23N3O3. The van der Waals surface area contributed by atoms with Crippen LogP contribution in [0.15, 0.2) is 0 Å². The Bertz CT molecular complexity index is 551. The van der Waals surface area contributed by atoms with Crippen molar-refractivity contribution in [2.75, 3.05) is 13.1 Å². The fourth-order valence-corrected chi connectivity index (χ4v) is 2.96. The third-order valence-corrected chi connectivity index (χ3v) is 4.39. The Morgan fingerprint density at radius 3 is 2.67 bits per heavy atom. The van der Waals surface area contributed by atoms with Gasteiger partial charge in [-0.3, -0.25) is 14.3 Å². The lowest BCUT2D eigenvalue weighted by molar-refractivity contribution is -0.137. The monoisotopic (exact) mass is 293 g/mol. The molecule has 1 aliphatic rings. The maximum Gasteiger partial charge on any atom is 0.303 e. The first-order valence-electron chi connectivity index (χ1n) is 7.37. The number of carboxylic acids is 1. The van der Waals surface area contributed by atoms with Crippen molar-refractivity contribution in [1.29, 1.82) is 0 Å². The molecule has 0 aliphatic carbocycles. The van der Waals surface area contributed by atoms with E-state index in [4.69, 9.17) is 5.11 Å². The van der Waals surface area contributed by atoms with Crippen LogP contribution in [0.25, 0.3) is 0 Å². The number of aliphatic carboxylic acids is 1. The minimum absolute atomic E-state index is 0.118. The van der Waals surface area contributed by atoms with Crippen LogP contribution in [0.4, 0.5) is 0 Å². The average molecular weight is 293 g/mol. The summed E-state index contributed by atoms with van der Waals surface area (Å²) in [5.74, 6) is -0.324. The second-order valence-corrected chi connectivity index (χ2v) is 5.88. The minimum Gasteiger partial charge on any atom is -0.481 e. The lowest BCUT2D eigenvalue weighted by atomic mass is 10.0. The van der Waals surface area contributed by atoms with Crippen LogP contribution in [0.5, 0.6) is 0 Å². The van der Waals surface area contributed by atoms with Gasteiger partial charge in [0.05, 0.1) is 12.1 Å². The Morgan fingerprint density at radius 2 is 2.10 bits per heavy atom. The van der Waals surface area contributed by atoms with E-state index in [-0.39, 0.29) is 12.3 Å². The molecule has 1 saturated heterocycles. The molecule has 1 aromatic heterocycles. The number of nitrogens with zero attached hydrogens (tertiary/aromatic N) is 3. The Hall–Kier alpha value is -1.85. The molecule has 2 heterocycles. The van der Waals surface area contributed by atoms with Crippen molar-refractivity contribution in [3.05, 3.63) is 17.0 Å². The van der Waals surface area contributed by atoms with E-state index in [9.17, 15) is 9.59 Å². The van der Waals surface area contributed by atoms with Crippen molar-refractivity contribution in [1.82, 2.24) is 14.7 Å². The molecule has 1 N–H and O–H groups in total. The van der Waals surface area contributed by atoms with E-state index in [1.54, 1.807) is 4.68 Å². The molecule has 1 unspecified atom stereocenters. The zero-order valence-electron chi connectivity index (χ0n) is 12.9. The van der Waals surface area contributed by atoms with Gasteiger partial charge in [-0.05, 0) is 32.6 Å². The molecule has 0 spiro atoms. The van der Waals surface area contributed by atoms with Crippen LogP contribution in [0.3, 0.4) is 0 Å². The fourth-order valence-electron chi connectivity index (χ4n) is 2.96. The van der Waals surface area contributed by atoms with Crippen LogP contribution in [0, 0.1) is 19.8 Å². The van der Waals surface area contributed by atoms with Crippen molar-refractivity contribution in [3.8, 4) is 0 Å². The van der Waals surface area contributed by atoms with Crippen molar-refractivity contribution in [2.24, 2.45) is 13.0 Å². The fraction of sp³-hybridized carbons (Fsp3) is 0.667. The standard InChI is InChI=1S/C15H23N3O3/c1-10-13(11(2)17(3)16-10)8-14(19)18-7-6-12(9-18)4-5-15(20)21/h12H,4-9H2,1-3H3,(H,20,21). The van der Waals surface area contributed by atoms with Crippen LogP contribution in [-0.4, -0.2) is 44.8 Å². The normalized spacial score (nSPS) is 18.2. The van der Waals surface area contributed by atoms with Crippen LogP contribution in [0.2, 0.25) is 0 Å². The predicted molar refractivity (Wildman–Crippen MR) is 77.9 cm³/mol. The van der Waals surface area contributed by atoms with E-state index >= 15 is 0 Å². The molecule has 116 valence electrons. The highest BCUT2D eigenvalue weighted by atomic mass is 16.4. The maximum atomic E-state index is 12.4. The summed E-state index contributed by atoms with van der Waals surface area (Å²) in [4.78, 5) is 24.8. The molecule has 6 nitrogen and oxygen atoms in total. The number of carbonyl (C=O) groups is 2. The third kappa shape index (κ3) is 3.62. The van der Waals surface area contributed by atoms with E-state index in [1.807, 2.05) is 25.8 Å². The second-order valence-electron chi connectivity index (χ2n) is 5.88. The van der Waals surface area contributed by atoms with Gasteiger partial charge >= 0.3 is 5.97 Å². The van der Waals surface area contributed by atoms with Gasteiger partial charge in [0.25, 0.3) is 0 Å². The number of hydrogen-bond acceptors (Lipinski definition) is 3. The summed E-state index contributed by atoms with van der Waals surface area (Å²) in [6, 6.07) is 0. The number of aryl methyl sites for hydroxylation is 2. The number of aromatic nitrogens is 2. The number of carboxylic acid groups (broad SMARTS) is 1. The Kier molecular flexibility index (Phi) is 4.65. The first kappa shape index (κ1) is 15.5. The van der Waals surface area contributed by atoms with Crippen LogP contribution in [-0.2, 0) is 23.1 Å². The summed E-state index contributed by atoms with van der Waals surface area (Å²) in [6.45, 7) is 5.32. The number of likely N-dealkylation sites (tertiary alicyclic amines) is 1. The smallest absolute Gasteiger partial charge is 0.303 e. The highest BCUT2D eigenvalue weighted by Gasteiger charge is 2.27. The topological polar surface area (TPSA) is 75.4 Å². The lowest BCUT2D eigenvalue weighted by Crippen LogP contribution is -2.30. The summed E-state index contributed by atoms with van der Waals surface area (Å²) in [7, 11) is 1.88. The minimum atomic E-state index is -0.763. The van der Waals surface area contributed by atoms with Gasteiger partial charge in [-0.15, -0.1) is 0 Å². The quantitative estimate of drug-likeness (QED) is 0.887. The van der Waals surface area contributed by atoms with Crippen molar-refractivity contribution < 1.29 is 14.7 Å². The molecule has 1 amide bonds. The second kappa shape index (κ2) is 6.28. The zero-order valence-corrected chi connectivity index (χ0v) is 12.9. The van der Waals surface area contributed by atoms with Crippen molar-refractivity contribution in [3.63, 3.8) is 0 Å². The molecule has 1 fully saturated rings. The first-order valence-corrected chi connectivity index (χ1v) is 7.37. The summed E-state index contributed by atoms with van der Waals surface area (Å²) < 4.78 is 1.80. The zero-order chi connectivity index (χ0) is 15.6. The molecule has 1 aliphatic heterocycles. The van der Waals surface area contributed by atoms with E-state index < -0.39 is 5.97 Å². The molecule has 2 rings (SSSR count). The third-order valence-electron chi connectivity index (χ3n) is 4.39. The van der Waals surface area contributed by atoms with Crippen LogP contribution < -0.4 is 0 Å². The van der Waals surface area contributed by atoms with Gasteiger partial charge in [0.1, 0.15) is 0 Å². The van der Waals surface area contributed by atoms with Gasteiger partial charge in [0.2, 0.25) is 5.91 Å². The van der Waals surface area contributed by atoms with Gasteiger partial charge in [-0.1, -0.05) is 0 Å². The lowest BCUT2D eigenvalue weighted by Gasteiger charge is -2.16. The molecule has 0 aromatic carbocycles. The highest BCUT2D eigenvalue weighted by Crippen LogP contribution is 2.22. The van der Waals surface area contributed by atoms with E-state index in [0.717, 1.165) is 29.9 Å². The average Bonchev–Trinajstić information content (AvgIpc) is 2.97. The van der Waals surface area contributed by atoms with Gasteiger partial charge in [0, 0.05) is 37.8 Å². The predicted octanol–water partition coefficient (Wildman–Crippen LogP) is 1.29. The van der Waals surface area contributed by atoms with Crippen LogP contribution >= 0.6 is 0 Å². The molecule has 0 radical (unpaired) electrons. The van der Waals surface area contributed by atoms with Crippen molar-refractivity contribution in [2.45, 2.75) is 39.5 Å². The summed E-state index contributed by atoms with van der Waals surface area (Å²) in [6.07, 6.45) is 2.14. The van der Waals surface area contributed by atoms with Crippen LogP contribution in [0.1, 0.15) is 36.2 Å². The van der Waals surface area contributed by atoms with E-state index in [1.165, 1.54) is 0 Å². The summed E-state index contributed by atoms with van der Waals surface area (Å²) >= 11 is 0. The number of hydrogen-bond donors (Lipinski definition) is 1. The molecule has 1 aromatic rings. The Morgan fingerprint density at radius 1 is 1.38 bits per heavy atom. The molecule has 0 saturated carbocycles. The van der Waals surface area contributed by atoms with Gasteiger partial charge < -0.3 is 10.0 Å². The van der Waals surface area contributed by atoms with E-state index in [2.05, 4.69) is 5.10 Å². The van der Waals surface area contributed by atoms with Gasteiger partial charge in [-0.25, -0.2) is 0 Å². The molecule has 6 heteroatoms. The highest BCUT2D eigenvalue weighted by molar-refractivity contribution is 5.79. The van der Waals surface area contributed by atoms with Gasteiger partial charge in [0.15, 0.2) is 0 Å². The summed E-state index contributed by atoms with van der Waals surface area (Å²) in [5.41, 5.74) is 2.95. The Labute approximate surface area is 124 Å². The maximum absolute atomic E-state index is 12.4. The molecular weight excluding hydrogens is 270 g/mol. The molecule has 0 bridgehead atoms. The first-order chi connectivity index (χ1) is 9.88. The van der Waals surface area contributed by atoms with Crippen molar-refractivity contribution >= 4 is 11.9 Å². The number of amides is 1. The largest absolute Gasteiger partial charge is 0.481 e. The van der Waals surface area contributed by atoms with E-state index in [0.29, 0.717) is 25.3 Å². The van der Waals surface area contributed by atoms with Gasteiger partial charge in [-0.2, -0.15) is 5.10 Å². The number of rotatable bonds is 5.